The molecule has 1 aromatic carbocycles. The van der Waals surface area contributed by atoms with E-state index in [2.05, 4.69) is 0 Å². The van der Waals surface area contributed by atoms with Crippen molar-refractivity contribution < 1.29 is 34.0 Å². The van der Waals surface area contributed by atoms with E-state index in [1.807, 2.05) is 0 Å². The van der Waals surface area contributed by atoms with Crippen LogP contribution in [0.2, 0.25) is 0 Å². The number of carbonyl (C=O) groups excluding carboxylic acids is 1. The van der Waals surface area contributed by atoms with Crippen molar-refractivity contribution in [3.05, 3.63) is 17.7 Å². The summed E-state index contributed by atoms with van der Waals surface area (Å²) in [5, 5.41) is 18.8. The number of nitrogens with zero attached hydrogens (tertiary/aromatic N) is 1. The zero-order chi connectivity index (χ0) is 17.9. The van der Waals surface area contributed by atoms with E-state index < -0.39 is 24.0 Å². The lowest BCUT2D eigenvalue weighted by Crippen LogP contribution is -2.46. The molecule has 8 nitrogen and oxygen atoms in total. The Morgan fingerprint density at radius 2 is 1.75 bits per heavy atom. The standard InChI is InChI=1S/C16H21NO7/c1-22-11-7-9(8-12(23-2)14(11)24-3)15(19)17-6-4-5-10(17)13(18)16(20)21/h7-8,10,13,18H,4-6H2,1-3H3,(H,20,21)/t10-,13+/m0/s1. The van der Waals surface area contributed by atoms with Crippen molar-refractivity contribution in [1.29, 1.82) is 0 Å². The summed E-state index contributed by atoms with van der Waals surface area (Å²) in [7, 11) is 4.35. The number of likely N-dealkylation sites (tertiary alicyclic amines) is 1. The van der Waals surface area contributed by atoms with Crippen LogP contribution in [0.5, 0.6) is 17.2 Å². The Bertz CT molecular complexity index is 606. The highest BCUT2D eigenvalue weighted by Gasteiger charge is 2.38. The largest absolute Gasteiger partial charge is 0.493 e. The van der Waals surface area contributed by atoms with Crippen molar-refractivity contribution in [3.63, 3.8) is 0 Å². The summed E-state index contributed by atoms with van der Waals surface area (Å²) in [5.41, 5.74) is 0.272. The minimum Gasteiger partial charge on any atom is -0.493 e. The van der Waals surface area contributed by atoms with Crippen molar-refractivity contribution in [3.8, 4) is 17.2 Å². The van der Waals surface area contributed by atoms with E-state index in [4.69, 9.17) is 19.3 Å². The summed E-state index contributed by atoms with van der Waals surface area (Å²) in [5.74, 6) is -0.716. The molecule has 24 heavy (non-hydrogen) atoms. The van der Waals surface area contributed by atoms with Gasteiger partial charge in [-0.05, 0) is 25.0 Å². The summed E-state index contributed by atoms with van der Waals surface area (Å²) < 4.78 is 15.7. The van der Waals surface area contributed by atoms with Crippen LogP contribution in [0.1, 0.15) is 23.2 Å². The van der Waals surface area contributed by atoms with E-state index in [0.29, 0.717) is 36.6 Å². The van der Waals surface area contributed by atoms with Gasteiger partial charge in [0.15, 0.2) is 17.6 Å². The normalized spacial score (nSPS) is 18.2. The number of ether oxygens (including phenoxy) is 3. The highest BCUT2D eigenvalue weighted by molar-refractivity contribution is 5.96. The van der Waals surface area contributed by atoms with Crippen molar-refractivity contribution in [2.75, 3.05) is 27.9 Å². The summed E-state index contributed by atoms with van der Waals surface area (Å²) >= 11 is 0. The molecule has 0 bridgehead atoms. The molecule has 0 saturated carbocycles. The van der Waals surface area contributed by atoms with Crippen LogP contribution in [0.25, 0.3) is 0 Å². The van der Waals surface area contributed by atoms with Gasteiger partial charge in [-0.25, -0.2) is 4.79 Å². The molecule has 1 saturated heterocycles. The molecule has 1 aliphatic rings. The van der Waals surface area contributed by atoms with Gasteiger partial charge in [-0.1, -0.05) is 0 Å². The molecule has 0 unspecified atom stereocenters. The highest BCUT2D eigenvalue weighted by atomic mass is 16.5. The average molecular weight is 339 g/mol. The van der Waals surface area contributed by atoms with Crippen LogP contribution in [0.3, 0.4) is 0 Å². The van der Waals surface area contributed by atoms with Gasteiger partial charge in [0.05, 0.1) is 27.4 Å². The minimum absolute atomic E-state index is 0.272. The van der Waals surface area contributed by atoms with E-state index in [0.717, 1.165) is 0 Å². The van der Waals surface area contributed by atoms with Crippen LogP contribution in [0, 0.1) is 0 Å². The number of aliphatic carboxylic acids is 1. The molecule has 1 aliphatic heterocycles. The Hall–Kier alpha value is -2.48. The highest BCUT2D eigenvalue weighted by Crippen LogP contribution is 2.39. The van der Waals surface area contributed by atoms with E-state index >= 15 is 0 Å². The van der Waals surface area contributed by atoms with Crippen molar-refractivity contribution in [2.24, 2.45) is 0 Å². The monoisotopic (exact) mass is 339 g/mol. The maximum atomic E-state index is 12.8. The van der Waals surface area contributed by atoms with Gasteiger partial charge in [0.2, 0.25) is 5.75 Å². The predicted octanol–water partition coefficient (Wildman–Crippen LogP) is 0.762. The second kappa shape index (κ2) is 7.39. The lowest BCUT2D eigenvalue weighted by atomic mass is 10.1. The maximum absolute atomic E-state index is 12.8. The first-order valence-corrected chi connectivity index (χ1v) is 7.46. The van der Waals surface area contributed by atoms with Gasteiger partial charge in [-0.3, -0.25) is 4.79 Å². The van der Waals surface area contributed by atoms with Crippen LogP contribution in [0.15, 0.2) is 12.1 Å². The second-order valence-electron chi connectivity index (χ2n) is 5.41. The molecule has 0 spiro atoms. The van der Waals surface area contributed by atoms with Gasteiger partial charge < -0.3 is 29.3 Å². The third-order valence-electron chi connectivity index (χ3n) is 4.09. The van der Waals surface area contributed by atoms with Gasteiger partial charge >= 0.3 is 5.97 Å². The fourth-order valence-electron chi connectivity index (χ4n) is 2.91. The average Bonchev–Trinajstić information content (AvgIpc) is 3.08. The van der Waals surface area contributed by atoms with Crippen molar-refractivity contribution in [2.45, 2.75) is 25.0 Å². The minimum atomic E-state index is -1.61. The molecule has 2 rings (SSSR count). The molecule has 1 aromatic rings. The number of hydrogen-bond acceptors (Lipinski definition) is 6. The molecule has 0 aliphatic carbocycles. The third kappa shape index (κ3) is 3.23. The number of carboxylic acid groups (broad SMARTS) is 1. The summed E-state index contributed by atoms with van der Waals surface area (Å²) in [6, 6.07) is 2.26. The Kier molecular flexibility index (Phi) is 5.50. The van der Waals surface area contributed by atoms with Gasteiger partial charge in [-0.15, -0.1) is 0 Å². The van der Waals surface area contributed by atoms with Crippen LogP contribution in [0.4, 0.5) is 0 Å². The van der Waals surface area contributed by atoms with Gasteiger partial charge in [0.1, 0.15) is 0 Å². The van der Waals surface area contributed by atoms with Crippen LogP contribution >= 0.6 is 0 Å². The van der Waals surface area contributed by atoms with Crippen molar-refractivity contribution >= 4 is 11.9 Å². The van der Waals surface area contributed by atoms with Crippen LogP contribution < -0.4 is 14.2 Å². The van der Waals surface area contributed by atoms with Gasteiger partial charge in [0.25, 0.3) is 5.91 Å². The first-order valence-electron chi connectivity index (χ1n) is 7.46. The van der Waals surface area contributed by atoms with Crippen LogP contribution in [-0.2, 0) is 4.79 Å². The Morgan fingerprint density at radius 1 is 1.17 bits per heavy atom. The molecule has 132 valence electrons. The Morgan fingerprint density at radius 3 is 2.21 bits per heavy atom. The number of aliphatic hydroxyl groups excluding tert-OH is 1. The molecule has 2 N–H and O–H groups in total. The molecular formula is C16H21NO7. The van der Waals surface area contributed by atoms with Crippen molar-refractivity contribution in [1.82, 2.24) is 4.90 Å². The first kappa shape index (κ1) is 17.9. The second-order valence-corrected chi connectivity index (χ2v) is 5.41. The topological polar surface area (TPSA) is 106 Å². The molecule has 0 aromatic heterocycles. The fourth-order valence-corrected chi connectivity index (χ4v) is 2.91. The summed E-state index contributed by atoms with van der Waals surface area (Å²) in [6.45, 7) is 0.379. The SMILES string of the molecule is COc1cc(C(=O)N2CCC[C@H]2[C@@H](O)C(=O)O)cc(OC)c1OC. The summed E-state index contributed by atoms with van der Waals surface area (Å²) in [6.07, 6.45) is -0.548. The molecule has 1 fully saturated rings. The lowest BCUT2D eigenvalue weighted by molar-refractivity contribution is -0.149. The smallest absolute Gasteiger partial charge is 0.334 e. The number of carbonyl (C=O) groups is 2. The number of amides is 1. The summed E-state index contributed by atoms with van der Waals surface area (Å²) in [4.78, 5) is 25.2. The number of hydrogen-bond donors (Lipinski definition) is 2. The van der Waals surface area contributed by atoms with E-state index in [-0.39, 0.29) is 5.56 Å². The third-order valence-corrected chi connectivity index (χ3v) is 4.09. The van der Waals surface area contributed by atoms with Crippen LogP contribution in [-0.4, -0.2) is 67.0 Å². The van der Waals surface area contributed by atoms with E-state index in [9.17, 15) is 14.7 Å². The number of methoxy groups -OCH3 is 3. The predicted molar refractivity (Wildman–Crippen MR) is 83.8 cm³/mol. The maximum Gasteiger partial charge on any atom is 0.334 e. The number of carboxylic acids is 1. The number of aliphatic hydroxyl groups is 1. The molecule has 1 heterocycles. The first-order chi connectivity index (χ1) is 11.4. The molecule has 0 radical (unpaired) electrons. The van der Waals surface area contributed by atoms with Gasteiger partial charge in [0, 0.05) is 12.1 Å². The van der Waals surface area contributed by atoms with E-state index in [1.54, 1.807) is 0 Å². The molecule has 1 amide bonds. The quantitative estimate of drug-likeness (QED) is 0.788. The lowest BCUT2D eigenvalue weighted by Gasteiger charge is -2.27. The molecule has 8 heteroatoms. The number of rotatable bonds is 6. The fraction of sp³-hybridized carbons (Fsp3) is 0.500. The van der Waals surface area contributed by atoms with Gasteiger partial charge in [-0.2, -0.15) is 0 Å². The number of benzene rings is 1. The Balaban J connectivity index is 2.37. The Labute approximate surface area is 139 Å². The molecular weight excluding hydrogens is 318 g/mol. The van der Waals surface area contributed by atoms with E-state index in [1.165, 1.54) is 38.4 Å². The zero-order valence-electron chi connectivity index (χ0n) is 13.8. The molecule has 2 atom stereocenters. The zero-order valence-corrected chi connectivity index (χ0v) is 13.8.